The Bertz CT molecular complexity index is 575. The van der Waals surface area contributed by atoms with E-state index in [-0.39, 0.29) is 23.1 Å². The molecule has 6 nitrogen and oxygen atoms in total. The van der Waals surface area contributed by atoms with E-state index in [1.807, 2.05) is 12.1 Å². The number of para-hydroxylation sites is 2. The Balaban J connectivity index is 0.000000443. The van der Waals surface area contributed by atoms with Crippen molar-refractivity contribution in [2.45, 2.75) is 26.1 Å². The summed E-state index contributed by atoms with van der Waals surface area (Å²) >= 11 is 0. The second-order valence-electron chi connectivity index (χ2n) is 4.78. The standard InChI is InChI=1S/2C9H10O3.Mg/c2*1-7(9(10)11)12-8-5-3-2-4-6-8;/h2*2-7H,1H3,(H,10,11);/q;;+2/p-2. The molecule has 0 saturated carbocycles. The minimum Gasteiger partial charge on any atom is -0.546 e. The van der Waals surface area contributed by atoms with E-state index in [1.54, 1.807) is 48.5 Å². The fourth-order valence-corrected chi connectivity index (χ4v) is 1.50. The topological polar surface area (TPSA) is 98.7 Å². The summed E-state index contributed by atoms with van der Waals surface area (Å²) in [6.07, 6.45) is -1.82. The van der Waals surface area contributed by atoms with Gasteiger partial charge in [0.1, 0.15) is 23.7 Å². The Morgan fingerprint density at radius 3 is 1.24 bits per heavy atom. The molecule has 2 unspecified atom stereocenters. The van der Waals surface area contributed by atoms with Crippen LogP contribution >= 0.6 is 0 Å². The van der Waals surface area contributed by atoms with Crippen molar-refractivity contribution >= 4 is 35.0 Å². The van der Waals surface area contributed by atoms with E-state index >= 15 is 0 Å². The summed E-state index contributed by atoms with van der Waals surface area (Å²) in [4.78, 5) is 20.5. The van der Waals surface area contributed by atoms with Crippen LogP contribution in [0.4, 0.5) is 0 Å². The Kier molecular flexibility index (Phi) is 11.1. The molecule has 0 aliphatic rings. The molecule has 7 heteroatoms. The van der Waals surface area contributed by atoms with Crippen LogP contribution in [0.3, 0.4) is 0 Å². The van der Waals surface area contributed by atoms with Crippen molar-refractivity contribution in [1.29, 1.82) is 0 Å². The Morgan fingerprint density at radius 1 is 0.720 bits per heavy atom. The van der Waals surface area contributed by atoms with Crippen molar-refractivity contribution in [3.63, 3.8) is 0 Å². The third-order valence-corrected chi connectivity index (χ3v) is 2.78. The molecule has 0 radical (unpaired) electrons. The first kappa shape index (κ1) is 22.7. The van der Waals surface area contributed by atoms with Gasteiger partial charge in [0, 0.05) is 0 Å². The maximum atomic E-state index is 10.3. The van der Waals surface area contributed by atoms with Gasteiger partial charge < -0.3 is 29.3 Å². The van der Waals surface area contributed by atoms with Gasteiger partial charge in [-0.05, 0) is 38.1 Å². The largest absolute Gasteiger partial charge is 2.00 e. The van der Waals surface area contributed by atoms with Crippen LogP contribution < -0.4 is 19.7 Å². The van der Waals surface area contributed by atoms with Gasteiger partial charge >= 0.3 is 23.1 Å². The van der Waals surface area contributed by atoms with Gasteiger partial charge in [0.05, 0.1) is 11.9 Å². The SMILES string of the molecule is CC(Oc1ccccc1)C(=O)[O-].CC(Oc1ccccc1)C(=O)[O-].[Mg+2]. The predicted molar refractivity (Wildman–Crippen MR) is 88.8 cm³/mol. The summed E-state index contributed by atoms with van der Waals surface area (Å²) < 4.78 is 10.0. The number of carbonyl (C=O) groups excluding carboxylic acids is 2. The number of carbonyl (C=O) groups is 2. The summed E-state index contributed by atoms with van der Waals surface area (Å²) in [7, 11) is 0. The third-order valence-electron chi connectivity index (χ3n) is 2.78. The molecule has 0 N–H and O–H groups in total. The Labute approximate surface area is 162 Å². The molecular weight excluding hydrogens is 336 g/mol. The van der Waals surface area contributed by atoms with Crippen LogP contribution in [-0.4, -0.2) is 47.2 Å². The van der Waals surface area contributed by atoms with Gasteiger partial charge in [-0.25, -0.2) is 0 Å². The molecule has 0 spiro atoms. The van der Waals surface area contributed by atoms with E-state index in [4.69, 9.17) is 9.47 Å². The van der Waals surface area contributed by atoms with Gasteiger partial charge in [-0.3, -0.25) is 0 Å². The monoisotopic (exact) mass is 354 g/mol. The quantitative estimate of drug-likeness (QED) is 0.679. The van der Waals surface area contributed by atoms with Crippen LogP contribution in [0, 0.1) is 0 Å². The average Bonchev–Trinajstić information content (AvgIpc) is 2.57. The zero-order chi connectivity index (χ0) is 17.9. The summed E-state index contributed by atoms with van der Waals surface area (Å²) in [5, 5.41) is 20.5. The molecular formula is C18H18MgO6. The second-order valence-corrected chi connectivity index (χ2v) is 4.78. The number of carboxylic acids is 2. The molecule has 0 saturated heterocycles. The Morgan fingerprint density at radius 2 is 1.00 bits per heavy atom. The number of hydrogen-bond donors (Lipinski definition) is 0. The molecule has 0 heterocycles. The van der Waals surface area contributed by atoms with Gasteiger partial charge in [-0.15, -0.1) is 0 Å². The van der Waals surface area contributed by atoms with Crippen LogP contribution in [0.5, 0.6) is 11.5 Å². The number of rotatable bonds is 6. The summed E-state index contributed by atoms with van der Waals surface area (Å²) in [5.41, 5.74) is 0. The van der Waals surface area contributed by atoms with Crippen LogP contribution in [0.15, 0.2) is 60.7 Å². The first-order valence-corrected chi connectivity index (χ1v) is 7.25. The molecule has 2 aromatic carbocycles. The van der Waals surface area contributed by atoms with Crippen molar-refractivity contribution in [3.05, 3.63) is 60.7 Å². The smallest absolute Gasteiger partial charge is 0.546 e. The molecule has 128 valence electrons. The minimum absolute atomic E-state index is 0. The van der Waals surface area contributed by atoms with Gasteiger partial charge in [-0.2, -0.15) is 0 Å². The molecule has 0 bridgehead atoms. The number of aliphatic carboxylic acids is 2. The molecule has 25 heavy (non-hydrogen) atoms. The first-order valence-electron chi connectivity index (χ1n) is 7.25. The molecule has 0 amide bonds. The van der Waals surface area contributed by atoms with E-state index in [0.29, 0.717) is 11.5 Å². The van der Waals surface area contributed by atoms with E-state index in [1.165, 1.54) is 13.8 Å². The number of ether oxygens (including phenoxy) is 2. The second kappa shape index (κ2) is 12.2. The summed E-state index contributed by atoms with van der Waals surface area (Å²) in [5.74, 6) is -1.35. The molecule has 0 aliphatic carbocycles. The molecule has 0 aliphatic heterocycles. The predicted octanol–water partition coefficient (Wildman–Crippen LogP) is 0.0268. The normalized spacial score (nSPS) is 11.6. The van der Waals surface area contributed by atoms with Crippen LogP contribution in [-0.2, 0) is 9.59 Å². The van der Waals surface area contributed by atoms with Crippen LogP contribution in [0.2, 0.25) is 0 Å². The minimum atomic E-state index is -1.21. The number of carboxylic acid groups (broad SMARTS) is 2. The van der Waals surface area contributed by atoms with E-state index in [9.17, 15) is 19.8 Å². The maximum Gasteiger partial charge on any atom is 2.00 e. The van der Waals surface area contributed by atoms with Gasteiger partial charge in [0.25, 0.3) is 0 Å². The summed E-state index contributed by atoms with van der Waals surface area (Å²) in [6, 6.07) is 17.5. The van der Waals surface area contributed by atoms with E-state index in [0.717, 1.165) is 0 Å². The molecule has 2 atom stereocenters. The van der Waals surface area contributed by atoms with Crippen LogP contribution in [0.1, 0.15) is 13.8 Å². The molecule has 0 aromatic heterocycles. The fourth-order valence-electron chi connectivity index (χ4n) is 1.50. The number of benzene rings is 2. The average molecular weight is 355 g/mol. The summed E-state index contributed by atoms with van der Waals surface area (Å²) in [6.45, 7) is 2.87. The van der Waals surface area contributed by atoms with Crippen molar-refractivity contribution < 1.29 is 29.3 Å². The molecule has 0 fully saturated rings. The van der Waals surface area contributed by atoms with Gasteiger partial charge in [-0.1, -0.05) is 36.4 Å². The molecule has 2 aromatic rings. The fraction of sp³-hybridized carbons (Fsp3) is 0.222. The third kappa shape index (κ3) is 9.58. The van der Waals surface area contributed by atoms with Gasteiger partial charge in [0.15, 0.2) is 0 Å². The van der Waals surface area contributed by atoms with Crippen LogP contribution in [0.25, 0.3) is 0 Å². The zero-order valence-electron chi connectivity index (χ0n) is 14.1. The van der Waals surface area contributed by atoms with Crippen molar-refractivity contribution in [2.24, 2.45) is 0 Å². The van der Waals surface area contributed by atoms with Crippen molar-refractivity contribution in [3.8, 4) is 11.5 Å². The zero-order valence-corrected chi connectivity index (χ0v) is 15.5. The van der Waals surface area contributed by atoms with E-state index in [2.05, 4.69) is 0 Å². The van der Waals surface area contributed by atoms with Crippen molar-refractivity contribution in [1.82, 2.24) is 0 Å². The Hall–Kier alpha value is -2.25. The maximum absolute atomic E-state index is 10.3. The van der Waals surface area contributed by atoms with E-state index < -0.39 is 24.1 Å². The first-order chi connectivity index (χ1) is 11.4. The van der Waals surface area contributed by atoms with Crippen molar-refractivity contribution in [2.75, 3.05) is 0 Å². The molecule has 2 rings (SSSR count). The number of hydrogen-bond acceptors (Lipinski definition) is 6. The van der Waals surface area contributed by atoms with Gasteiger partial charge in [0.2, 0.25) is 0 Å².